The predicted molar refractivity (Wildman–Crippen MR) is 81.9 cm³/mol. The molecule has 3 rings (SSSR count). The molecular formula is C15H20N6. The Morgan fingerprint density at radius 2 is 2.05 bits per heavy atom. The highest BCUT2D eigenvalue weighted by atomic mass is 15.3. The molecule has 0 radical (unpaired) electrons. The van der Waals surface area contributed by atoms with Crippen molar-refractivity contribution in [2.45, 2.75) is 44.7 Å². The van der Waals surface area contributed by atoms with Crippen molar-refractivity contribution in [2.75, 3.05) is 10.6 Å². The fourth-order valence-corrected chi connectivity index (χ4v) is 2.59. The van der Waals surface area contributed by atoms with Crippen LogP contribution in [0.25, 0.3) is 0 Å². The van der Waals surface area contributed by atoms with Crippen LogP contribution in [0.5, 0.6) is 0 Å². The van der Waals surface area contributed by atoms with Crippen LogP contribution in [0.2, 0.25) is 0 Å². The largest absolute Gasteiger partial charge is 0.366 e. The summed E-state index contributed by atoms with van der Waals surface area (Å²) in [5.41, 5.74) is 1.09. The molecule has 110 valence electrons. The van der Waals surface area contributed by atoms with Crippen LogP contribution in [-0.2, 0) is 6.54 Å². The van der Waals surface area contributed by atoms with E-state index in [1.54, 1.807) is 12.4 Å². The predicted octanol–water partition coefficient (Wildman–Crippen LogP) is 2.62. The van der Waals surface area contributed by atoms with Crippen molar-refractivity contribution in [3.05, 3.63) is 36.3 Å². The van der Waals surface area contributed by atoms with Gasteiger partial charge < -0.3 is 10.6 Å². The first kappa shape index (κ1) is 13.7. The molecule has 6 heteroatoms. The Morgan fingerprint density at radius 1 is 1.14 bits per heavy atom. The van der Waals surface area contributed by atoms with E-state index in [0.29, 0.717) is 18.5 Å². The summed E-state index contributed by atoms with van der Waals surface area (Å²) in [5.74, 6) is 1.34. The first-order valence-corrected chi connectivity index (χ1v) is 7.49. The molecule has 0 aliphatic heterocycles. The number of hydrogen-bond donors (Lipinski definition) is 2. The fraction of sp³-hybridized carbons (Fsp3) is 0.467. The van der Waals surface area contributed by atoms with Crippen molar-refractivity contribution < 1.29 is 0 Å². The van der Waals surface area contributed by atoms with Crippen molar-refractivity contribution in [3.8, 4) is 0 Å². The number of anilines is 2. The summed E-state index contributed by atoms with van der Waals surface area (Å²) >= 11 is 0. The molecule has 0 aromatic carbocycles. The van der Waals surface area contributed by atoms with Gasteiger partial charge in [0, 0.05) is 25.0 Å². The van der Waals surface area contributed by atoms with Gasteiger partial charge in [-0.3, -0.25) is 4.98 Å². The maximum Gasteiger partial charge on any atom is 0.244 e. The lowest BCUT2D eigenvalue weighted by Crippen LogP contribution is -2.23. The second-order valence-electron chi connectivity index (χ2n) is 5.36. The Hall–Kier alpha value is -2.24. The molecule has 0 spiro atoms. The molecule has 2 aromatic heterocycles. The van der Waals surface area contributed by atoms with Gasteiger partial charge in [-0.2, -0.15) is 10.1 Å². The quantitative estimate of drug-likeness (QED) is 0.879. The Balaban J connectivity index is 1.57. The summed E-state index contributed by atoms with van der Waals surface area (Å²) in [6, 6.07) is 4.44. The normalized spacial score (nSPS) is 15.6. The SMILES string of the molecule is c1cncc(CNc2nncc(NC3CCCCC3)n2)c1. The van der Waals surface area contributed by atoms with Gasteiger partial charge in [0.05, 0.1) is 6.20 Å². The first-order chi connectivity index (χ1) is 10.4. The molecule has 0 bridgehead atoms. The van der Waals surface area contributed by atoms with E-state index < -0.39 is 0 Å². The van der Waals surface area contributed by atoms with Crippen LogP contribution in [0.4, 0.5) is 11.8 Å². The highest BCUT2D eigenvalue weighted by molar-refractivity contribution is 5.38. The molecule has 0 amide bonds. The van der Waals surface area contributed by atoms with Crippen LogP contribution in [0, 0.1) is 0 Å². The number of pyridine rings is 1. The summed E-state index contributed by atoms with van der Waals surface area (Å²) in [4.78, 5) is 8.55. The highest BCUT2D eigenvalue weighted by Gasteiger charge is 2.13. The van der Waals surface area contributed by atoms with Gasteiger partial charge in [0.25, 0.3) is 0 Å². The van der Waals surface area contributed by atoms with Crippen LogP contribution in [0.3, 0.4) is 0 Å². The molecule has 6 nitrogen and oxygen atoms in total. The Bertz CT molecular complexity index is 553. The van der Waals surface area contributed by atoms with Crippen molar-refractivity contribution in [2.24, 2.45) is 0 Å². The summed E-state index contributed by atoms with van der Waals surface area (Å²) in [6.07, 6.45) is 11.6. The third-order valence-electron chi connectivity index (χ3n) is 3.69. The number of rotatable bonds is 5. The Kier molecular flexibility index (Phi) is 4.55. The van der Waals surface area contributed by atoms with E-state index in [0.717, 1.165) is 11.4 Å². The van der Waals surface area contributed by atoms with Gasteiger partial charge in [0.2, 0.25) is 5.95 Å². The van der Waals surface area contributed by atoms with E-state index in [1.807, 2.05) is 18.3 Å². The maximum absolute atomic E-state index is 4.47. The first-order valence-electron chi connectivity index (χ1n) is 7.49. The van der Waals surface area contributed by atoms with Gasteiger partial charge in [0.15, 0.2) is 5.82 Å². The van der Waals surface area contributed by atoms with Crippen LogP contribution >= 0.6 is 0 Å². The molecule has 1 saturated carbocycles. The van der Waals surface area contributed by atoms with Crippen molar-refractivity contribution >= 4 is 11.8 Å². The molecule has 2 aromatic rings. The van der Waals surface area contributed by atoms with Gasteiger partial charge in [-0.15, -0.1) is 5.10 Å². The lowest BCUT2D eigenvalue weighted by atomic mass is 9.96. The van der Waals surface area contributed by atoms with E-state index >= 15 is 0 Å². The summed E-state index contributed by atoms with van der Waals surface area (Å²) in [7, 11) is 0. The van der Waals surface area contributed by atoms with Crippen molar-refractivity contribution in [1.29, 1.82) is 0 Å². The van der Waals surface area contributed by atoms with Crippen molar-refractivity contribution in [3.63, 3.8) is 0 Å². The molecule has 0 saturated heterocycles. The van der Waals surface area contributed by atoms with Crippen LogP contribution in [0.15, 0.2) is 30.7 Å². The van der Waals surface area contributed by atoms with Gasteiger partial charge in [-0.1, -0.05) is 25.3 Å². The highest BCUT2D eigenvalue weighted by Crippen LogP contribution is 2.20. The molecule has 1 aliphatic rings. The lowest BCUT2D eigenvalue weighted by molar-refractivity contribution is 0.461. The number of aromatic nitrogens is 4. The van der Waals surface area contributed by atoms with E-state index in [9.17, 15) is 0 Å². The Labute approximate surface area is 124 Å². The average Bonchev–Trinajstić information content (AvgIpc) is 2.55. The second kappa shape index (κ2) is 6.97. The second-order valence-corrected chi connectivity index (χ2v) is 5.36. The molecule has 1 fully saturated rings. The molecule has 0 unspecified atom stereocenters. The van der Waals surface area contributed by atoms with Gasteiger partial charge in [-0.25, -0.2) is 0 Å². The fourth-order valence-electron chi connectivity index (χ4n) is 2.59. The molecule has 0 atom stereocenters. The third kappa shape index (κ3) is 4.11. The van der Waals surface area contributed by atoms with E-state index in [1.165, 1.54) is 32.1 Å². The zero-order valence-electron chi connectivity index (χ0n) is 12.0. The average molecular weight is 284 g/mol. The maximum atomic E-state index is 4.47. The topological polar surface area (TPSA) is 75.6 Å². The molecule has 21 heavy (non-hydrogen) atoms. The van der Waals surface area contributed by atoms with Crippen molar-refractivity contribution in [1.82, 2.24) is 20.2 Å². The molecule has 1 aliphatic carbocycles. The monoisotopic (exact) mass is 284 g/mol. The van der Waals surface area contributed by atoms with Crippen LogP contribution in [-0.4, -0.2) is 26.2 Å². The van der Waals surface area contributed by atoms with E-state index in [4.69, 9.17) is 0 Å². The minimum Gasteiger partial charge on any atom is -0.366 e. The smallest absolute Gasteiger partial charge is 0.244 e. The molecule has 2 N–H and O–H groups in total. The van der Waals surface area contributed by atoms with E-state index in [-0.39, 0.29) is 0 Å². The summed E-state index contributed by atoms with van der Waals surface area (Å²) in [6.45, 7) is 0.641. The van der Waals surface area contributed by atoms with Crippen LogP contribution in [0.1, 0.15) is 37.7 Å². The minimum absolute atomic E-state index is 0.515. The number of nitrogens with zero attached hydrogens (tertiary/aromatic N) is 4. The molecular weight excluding hydrogens is 264 g/mol. The van der Waals surface area contributed by atoms with Gasteiger partial charge in [-0.05, 0) is 24.5 Å². The molecule has 2 heterocycles. The number of nitrogens with one attached hydrogen (secondary N) is 2. The Morgan fingerprint density at radius 3 is 2.86 bits per heavy atom. The third-order valence-corrected chi connectivity index (χ3v) is 3.69. The van der Waals surface area contributed by atoms with Gasteiger partial charge >= 0.3 is 0 Å². The lowest BCUT2D eigenvalue weighted by Gasteiger charge is -2.23. The summed E-state index contributed by atoms with van der Waals surface area (Å²) < 4.78 is 0. The van der Waals surface area contributed by atoms with Crippen LogP contribution < -0.4 is 10.6 Å². The zero-order chi connectivity index (χ0) is 14.3. The minimum atomic E-state index is 0.515. The number of hydrogen-bond acceptors (Lipinski definition) is 6. The standard InChI is InChI=1S/C15H20N6/c1-2-6-13(7-3-1)19-14-11-18-21-15(20-14)17-10-12-5-4-8-16-9-12/h4-5,8-9,11,13H,1-3,6-7,10H2,(H2,17,19,20,21). The summed E-state index contributed by atoms with van der Waals surface area (Å²) in [5, 5.41) is 14.7. The van der Waals surface area contributed by atoms with E-state index in [2.05, 4.69) is 30.8 Å². The van der Waals surface area contributed by atoms with Gasteiger partial charge in [0.1, 0.15) is 0 Å². The zero-order valence-corrected chi connectivity index (χ0v) is 12.0.